The minimum Gasteiger partial charge on any atom is -0.310 e. The van der Waals surface area contributed by atoms with Gasteiger partial charge in [0.2, 0.25) is 5.91 Å². The molecule has 1 amide bonds. The molecule has 0 saturated carbocycles. The molecular weight excluding hydrogens is 274 g/mol. The average molecular weight is 285 g/mol. The Labute approximate surface area is 119 Å². The summed E-state index contributed by atoms with van der Waals surface area (Å²) < 4.78 is 1.75. The number of hydrogen-bond donors (Lipinski definition) is 1. The Kier molecular flexibility index (Phi) is 3.51. The van der Waals surface area contributed by atoms with Crippen molar-refractivity contribution in [3.63, 3.8) is 0 Å². The van der Waals surface area contributed by atoms with Crippen LogP contribution in [0.4, 0.5) is 5.82 Å². The van der Waals surface area contributed by atoms with Crippen molar-refractivity contribution in [2.45, 2.75) is 6.42 Å². The molecule has 0 fully saturated rings. The van der Waals surface area contributed by atoms with Crippen LogP contribution in [0, 0.1) is 0 Å². The van der Waals surface area contributed by atoms with Gasteiger partial charge in [-0.05, 0) is 11.4 Å². The molecule has 0 atom stereocenters. The van der Waals surface area contributed by atoms with Crippen LogP contribution in [0.25, 0.3) is 5.82 Å². The quantitative estimate of drug-likeness (QED) is 0.794. The monoisotopic (exact) mass is 285 g/mol. The molecule has 0 radical (unpaired) electrons. The number of carbonyl (C=O) groups is 1. The topological polar surface area (TPSA) is 72.7 Å². The number of rotatable bonds is 4. The molecule has 0 aliphatic rings. The molecule has 20 heavy (non-hydrogen) atoms. The lowest BCUT2D eigenvalue weighted by molar-refractivity contribution is -0.115. The van der Waals surface area contributed by atoms with Gasteiger partial charge < -0.3 is 5.32 Å². The molecule has 0 saturated heterocycles. The summed E-state index contributed by atoms with van der Waals surface area (Å²) in [6.07, 6.45) is 6.84. The Hall–Kier alpha value is -2.54. The molecule has 100 valence electrons. The van der Waals surface area contributed by atoms with Crippen molar-refractivity contribution in [3.8, 4) is 5.82 Å². The maximum absolute atomic E-state index is 11.9. The number of hydrogen-bond acceptors (Lipinski definition) is 5. The number of nitrogens with zero attached hydrogens (tertiary/aromatic N) is 4. The first-order valence-corrected chi connectivity index (χ1v) is 6.82. The van der Waals surface area contributed by atoms with Crippen LogP contribution in [0.5, 0.6) is 0 Å². The van der Waals surface area contributed by atoms with Gasteiger partial charge in [0.15, 0.2) is 0 Å². The minimum atomic E-state index is -0.0947. The zero-order valence-electron chi connectivity index (χ0n) is 10.4. The fourth-order valence-corrected chi connectivity index (χ4v) is 2.41. The molecule has 6 nitrogen and oxygen atoms in total. The molecule has 3 heterocycles. The van der Waals surface area contributed by atoms with Gasteiger partial charge in [-0.25, -0.2) is 15.0 Å². The third-order valence-corrected chi connectivity index (χ3v) is 3.48. The van der Waals surface area contributed by atoms with Gasteiger partial charge in [-0.3, -0.25) is 9.36 Å². The highest BCUT2D eigenvalue weighted by Gasteiger charge is 2.07. The van der Waals surface area contributed by atoms with Crippen LogP contribution < -0.4 is 5.32 Å². The second-order valence-electron chi connectivity index (χ2n) is 4.04. The predicted molar refractivity (Wildman–Crippen MR) is 75.8 cm³/mol. The smallest absolute Gasteiger partial charge is 0.230 e. The fourth-order valence-electron chi connectivity index (χ4n) is 1.71. The third-order valence-electron chi connectivity index (χ3n) is 2.60. The van der Waals surface area contributed by atoms with E-state index in [0.717, 1.165) is 4.88 Å². The van der Waals surface area contributed by atoms with Gasteiger partial charge in [0.05, 0.1) is 6.42 Å². The van der Waals surface area contributed by atoms with E-state index in [-0.39, 0.29) is 5.91 Å². The van der Waals surface area contributed by atoms with Crippen molar-refractivity contribution >= 4 is 23.1 Å². The Morgan fingerprint density at radius 1 is 1.40 bits per heavy atom. The van der Waals surface area contributed by atoms with E-state index in [1.807, 2.05) is 17.5 Å². The van der Waals surface area contributed by atoms with Crippen LogP contribution in [-0.4, -0.2) is 25.4 Å². The van der Waals surface area contributed by atoms with Gasteiger partial charge in [-0.1, -0.05) is 6.07 Å². The normalized spacial score (nSPS) is 10.4. The standard InChI is InChI=1S/C13H11N5OS/c19-13(6-10-2-1-5-20-10)17-11-7-12(16-8-15-11)18-4-3-14-9-18/h1-5,7-9H,6H2,(H,15,16,17,19). The van der Waals surface area contributed by atoms with Crippen LogP contribution >= 0.6 is 11.3 Å². The summed E-state index contributed by atoms with van der Waals surface area (Å²) >= 11 is 1.56. The number of aromatic nitrogens is 4. The largest absolute Gasteiger partial charge is 0.310 e. The van der Waals surface area contributed by atoms with E-state index in [1.54, 1.807) is 40.7 Å². The van der Waals surface area contributed by atoms with E-state index in [4.69, 9.17) is 0 Å². The van der Waals surface area contributed by atoms with Crippen molar-refractivity contribution in [3.05, 3.63) is 53.5 Å². The highest BCUT2D eigenvalue weighted by molar-refractivity contribution is 7.10. The molecule has 3 aromatic heterocycles. The summed E-state index contributed by atoms with van der Waals surface area (Å²) in [7, 11) is 0. The number of anilines is 1. The summed E-state index contributed by atoms with van der Waals surface area (Å²) in [6, 6.07) is 5.56. The van der Waals surface area contributed by atoms with Crippen molar-refractivity contribution in [2.75, 3.05) is 5.32 Å². The SMILES string of the molecule is O=C(Cc1cccs1)Nc1cc(-n2ccnc2)ncn1. The Balaban J connectivity index is 1.71. The summed E-state index contributed by atoms with van der Waals surface area (Å²) in [5.41, 5.74) is 0. The molecular formula is C13H11N5OS. The van der Waals surface area contributed by atoms with Gasteiger partial charge in [-0.2, -0.15) is 0 Å². The second-order valence-corrected chi connectivity index (χ2v) is 5.07. The number of carbonyl (C=O) groups excluding carboxylic acids is 1. The summed E-state index contributed by atoms with van der Waals surface area (Å²) in [5.74, 6) is 1.04. The lowest BCUT2D eigenvalue weighted by Crippen LogP contribution is -2.15. The Bertz CT molecular complexity index is 693. The summed E-state index contributed by atoms with van der Waals surface area (Å²) in [6.45, 7) is 0. The van der Waals surface area contributed by atoms with Crippen LogP contribution in [0.15, 0.2) is 48.6 Å². The molecule has 3 aromatic rings. The lowest BCUT2D eigenvalue weighted by atomic mass is 10.3. The first-order valence-electron chi connectivity index (χ1n) is 5.94. The van der Waals surface area contributed by atoms with E-state index in [1.165, 1.54) is 6.33 Å². The van der Waals surface area contributed by atoms with Crippen molar-refractivity contribution in [1.82, 2.24) is 19.5 Å². The lowest BCUT2D eigenvalue weighted by Gasteiger charge is -2.05. The zero-order valence-corrected chi connectivity index (χ0v) is 11.2. The highest BCUT2D eigenvalue weighted by atomic mass is 32.1. The van der Waals surface area contributed by atoms with Gasteiger partial charge in [0.1, 0.15) is 24.3 Å². The molecule has 0 unspecified atom stereocenters. The van der Waals surface area contributed by atoms with Gasteiger partial charge in [-0.15, -0.1) is 11.3 Å². The first-order chi connectivity index (χ1) is 9.81. The maximum Gasteiger partial charge on any atom is 0.230 e. The number of amides is 1. The van der Waals surface area contributed by atoms with Crippen LogP contribution in [0.2, 0.25) is 0 Å². The second kappa shape index (κ2) is 5.62. The number of nitrogens with one attached hydrogen (secondary N) is 1. The molecule has 0 bridgehead atoms. The van der Waals surface area contributed by atoms with Gasteiger partial charge >= 0.3 is 0 Å². The predicted octanol–water partition coefficient (Wildman–Crippen LogP) is 1.91. The van der Waals surface area contributed by atoms with Gasteiger partial charge in [0.25, 0.3) is 0 Å². The first kappa shape index (κ1) is 12.5. The molecule has 1 N–H and O–H groups in total. The zero-order chi connectivity index (χ0) is 13.8. The van der Waals surface area contributed by atoms with E-state index >= 15 is 0 Å². The number of thiophene rings is 1. The molecule has 0 aliphatic heterocycles. The van der Waals surface area contributed by atoms with E-state index < -0.39 is 0 Å². The third kappa shape index (κ3) is 2.89. The van der Waals surface area contributed by atoms with Crippen molar-refractivity contribution in [2.24, 2.45) is 0 Å². The average Bonchev–Trinajstić information content (AvgIpc) is 3.11. The minimum absolute atomic E-state index is 0.0947. The summed E-state index contributed by atoms with van der Waals surface area (Å²) in [5, 5.41) is 4.71. The van der Waals surface area contributed by atoms with Crippen LogP contribution in [0.1, 0.15) is 4.88 Å². The molecule has 3 rings (SSSR count). The molecule has 0 aliphatic carbocycles. The molecule has 0 aromatic carbocycles. The van der Waals surface area contributed by atoms with Crippen molar-refractivity contribution < 1.29 is 4.79 Å². The van der Waals surface area contributed by atoms with Gasteiger partial charge in [0, 0.05) is 23.3 Å². The van der Waals surface area contributed by atoms with Crippen molar-refractivity contribution in [1.29, 1.82) is 0 Å². The van der Waals surface area contributed by atoms with Crippen LogP contribution in [0.3, 0.4) is 0 Å². The molecule has 0 spiro atoms. The fraction of sp³-hybridized carbons (Fsp3) is 0.0769. The Morgan fingerprint density at radius 2 is 2.35 bits per heavy atom. The van der Waals surface area contributed by atoms with E-state index in [9.17, 15) is 4.79 Å². The molecule has 7 heteroatoms. The number of imidazole rings is 1. The maximum atomic E-state index is 11.9. The highest BCUT2D eigenvalue weighted by Crippen LogP contribution is 2.12. The van der Waals surface area contributed by atoms with E-state index in [0.29, 0.717) is 18.1 Å². The Morgan fingerprint density at radius 3 is 3.10 bits per heavy atom. The van der Waals surface area contributed by atoms with Crippen LogP contribution in [-0.2, 0) is 11.2 Å². The summed E-state index contributed by atoms with van der Waals surface area (Å²) in [4.78, 5) is 25.0. The van der Waals surface area contributed by atoms with E-state index in [2.05, 4.69) is 20.3 Å².